The number of ether oxygens (including phenoxy) is 1. The molecule has 0 saturated heterocycles. The zero-order valence-corrected chi connectivity index (χ0v) is 13.5. The lowest BCUT2D eigenvalue weighted by Crippen LogP contribution is -2.15. The number of sulfonamides is 1. The van der Waals surface area contributed by atoms with E-state index >= 15 is 0 Å². The van der Waals surface area contributed by atoms with Crippen molar-refractivity contribution in [3.05, 3.63) is 45.6 Å². The lowest BCUT2D eigenvalue weighted by atomic mass is 10.2. The van der Waals surface area contributed by atoms with Crippen molar-refractivity contribution in [1.29, 1.82) is 0 Å². The van der Waals surface area contributed by atoms with Crippen molar-refractivity contribution in [2.45, 2.75) is 18.7 Å². The molecule has 5 nitrogen and oxygen atoms in total. The maximum absolute atomic E-state index is 12.4. The molecule has 2 rings (SSSR count). The summed E-state index contributed by atoms with van der Waals surface area (Å²) in [6, 6.07) is 6.57. The second-order valence-corrected chi connectivity index (χ2v) is 7.10. The Morgan fingerprint density at radius 2 is 2.00 bits per heavy atom. The molecular weight excluding hydrogens is 310 g/mol. The van der Waals surface area contributed by atoms with Crippen LogP contribution in [0.2, 0.25) is 0 Å². The summed E-state index contributed by atoms with van der Waals surface area (Å²) in [6.07, 6.45) is 0. The summed E-state index contributed by atoms with van der Waals surface area (Å²) in [5.74, 6) is -0.560. The first-order valence-electron chi connectivity index (χ1n) is 6.11. The van der Waals surface area contributed by atoms with Gasteiger partial charge in [-0.25, -0.2) is 13.2 Å². The predicted octanol–water partition coefficient (Wildman–Crippen LogP) is 2.95. The molecule has 21 heavy (non-hydrogen) atoms. The number of nitrogens with one attached hydrogen (secondary N) is 1. The molecule has 0 fully saturated rings. The summed E-state index contributed by atoms with van der Waals surface area (Å²) in [5, 5.41) is 1.71. The molecule has 1 aromatic carbocycles. The molecule has 1 aromatic heterocycles. The summed E-state index contributed by atoms with van der Waals surface area (Å²) >= 11 is 1.15. The van der Waals surface area contributed by atoms with Crippen molar-refractivity contribution >= 4 is 33.0 Å². The fourth-order valence-electron chi connectivity index (χ4n) is 1.79. The summed E-state index contributed by atoms with van der Waals surface area (Å²) in [4.78, 5) is 12.1. The number of carbonyl (C=O) groups is 1. The number of methoxy groups -OCH3 is 1. The molecule has 0 amide bonds. The van der Waals surface area contributed by atoms with Gasteiger partial charge in [-0.15, -0.1) is 11.3 Å². The van der Waals surface area contributed by atoms with Crippen molar-refractivity contribution in [1.82, 2.24) is 0 Å². The molecule has 0 bridgehead atoms. The lowest BCUT2D eigenvalue weighted by molar-refractivity contribution is 0.0607. The summed E-state index contributed by atoms with van der Waals surface area (Å²) in [5.41, 5.74) is 1.79. The molecule has 0 saturated carbocycles. The van der Waals surface area contributed by atoms with Gasteiger partial charge >= 0.3 is 5.97 Å². The number of hydrogen-bond acceptors (Lipinski definition) is 5. The largest absolute Gasteiger partial charge is 0.465 e. The highest BCUT2D eigenvalue weighted by molar-refractivity contribution is 7.92. The molecule has 1 heterocycles. The van der Waals surface area contributed by atoms with Crippen molar-refractivity contribution in [3.8, 4) is 0 Å². The molecule has 0 spiro atoms. The number of anilines is 1. The lowest BCUT2D eigenvalue weighted by Gasteiger charge is -2.10. The van der Waals surface area contributed by atoms with E-state index in [2.05, 4.69) is 9.46 Å². The molecule has 0 radical (unpaired) electrons. The van der Waals surface area contributed by atoms with E-state index in [1.54, 1.807) is 24.4 Å². The maximum atomic E-state index is 12.4. The first kappa shape index (κ1) is 15.5. The topological polar surface area (TPSA) is 72.5 Å². The molecule has 7 heteroatoms. The van der Waals surface area contributed by atoms with E-state index in [0.29, 0.717) is 5.56 Å². The van der Waals surface area contributed by atoms with Crippen molar-refractivity contribution in [2.24, 2.45) is 0 Å². The third kappa shape index (κ3) is 3.25. The number of rotatable bonds is 4. The zero-order valence-electron chi connectivity index (χ0n) is 11.8. The van der Waals surface area contributed by atoms with E-state index in [1.165, 1.54) is 13.2 Å². The van der Waals surface area contributed by atoms with Crippen molar-refractivity contribution < 1.29 is 17.9 Å². The van der Waals surface area contributed by atoms with E-state index in [4.69, 9.17) is 0 Å². The Kier molecular flexibility index (Phi) is 4.34. The average molecular weight is 325 g/mol. The highest BCUT2D eigenvalue weighted by Crippen LogP contribution is 2.30. The SMILES string of the molecule is COC(=O)c1scc(C)c1NS(=O)(=O)c1cccc(C)c1. The Bertz CT molecular complexity index is 778. The first-order valence-corrected chi connectivity index (χ1v) is 8.47. The second-order valence-electron chi connectivity index (χ2n) is 4.54. The molecule has 0 aliphatic heterocycles. The van der Waals surface area contributed by atoms with Gasteiger partial charge in [-0.2, -0.15) is 0 Å². The standard InChI is InChI=1S/C14H15NO4S2/c1-9-5-4-6-11(7-9)21(17,18)15-12-10(2)8-20-13(12)14(16)19-3/h4-8,15H,1-3H3. The van der Waals surface area contributed by atoms with Gasteiger partial charge in [-0.05, 0) is 42.5 Å². The Labute approximate surface area is 127 Å². The van der Waals surface area contributed by atoms with Crippen LogP contribution in [-0.2, 0) is 14.8 Å². The normalized spacial score (nSPS) is 11.2. The highest BCUT2D eigenvalue weighted by atomic mass is 32.2. The highest BCUT2D eigenvalue weighted by Gasteiger charge is 2.22. The van der Waals surface area contributed by atoms with Gasteiger partial charge in [0.2, 0.25) is 0 Å². The van der Waals surface area contributed by atoms with Gasteiger partial charge < -0.3 is 4.74 Å². The van der Waals surface area contributed by atoms with Crippen molar-refractivity contribution in [2.75, 3.05) is 11.8 Å². The van der Waals surface area contributed by atoms with Crippen LogP contribution >= 0.6 is 11.3 Å². The summed E-state index contributed by atoms with van der Waals surface area (Å²) < 4.78 is 32.0. The van der Waals surface area contributed by atoms with E-state index < -0.39 is 16.0 Å². The molecule has 0 aliphatic carbocycles. The monoisotopic (exact) mass is 325 g/mol. The minimum atomic E-state index is -3.74. The van der Waals surface area contributed by atoms with Crippen molar-refractivity contribution in [3.63, 3.8) is 0 Å². The van der Waals surface area contributed by atoms with E-state index in [0.717, 1.165) is 16.9 Å². The van der Waals surface area contributed by atoms with Crippen LogP contribution in [0.15, 0.2) is 34.5 Å². The summed E-state index contributed by atoms with van der Waals surface area (Å²) in [6.45, 7) is 3.55. The Morgan fingerprint density at radius 1 is 1.29 bits per heavy atom. The smallest absolute Gasteiger partial charge is 0.350 e. The molecule has 0 unspecified atom stereocenters. The predicted molar refractivity (Wildman–Crippen MR) is 82.4 cm³/mol. The Hall–Kier alpha value is -1.86. The molecule has 1 N–H and O–H groups in total. The number of benzene rings is 1. The van der Waals surface area contributed by atoms with E-state index in [-0.39, 0.29) is 15.5 Å². The van der Waals surface area contributed by atoms with Gasteiger partial charge in [0.15, 0.2) is 0 Å². The van der Waals surface area contributed by atoms with Gasteiger partial charge in [-0.3, -0.25) is 4.72 Å². The first-order chi connectivity index (χ1) is 9.85. The van der Waals surface area contributed by atoms with Crippen LogP contribution in [0.3, 0.4) is 0 Å². The molecule has 112 valence electrons. The van der Waals surface area contributed by atoms with Gasteiger partial charge in [0.25, 0.3) is 10.0 Å². The van der Waals surface area contributed by atoms with Gasteiger partial charge in [0, 0.05) is 0 Å². The van der Waals surface area contributed by atoms with Crippen LogP contribution in [-0.4, -0.2) is 21.5 Å². The number of thiophene rings is 1. The third-order valence-corrected chi connectivity index (χ3v) is 5.31. The Balaban J connectivity index is 2.42. The Morgan fingerprint density at radius 3 is 2.62 bits per heavy atom. The molecule has 2 aromatic rings. The minimum absolute atomic E-state index is 0.156. The van der Waals surface area contributed by atoms with E-state index in [9.17, 15) is 13.2 Å². The number of carbonyl (C=O) groups excluding carboxylic acids is 1. The number of aryl methyl sites for hydroxylation is 2. The van der Waals surface area contributed by atoms with Gasteiger partial charge in [0.05, 0.1) is 17.7 Å². The van der Waals surface area contributed by atoms with Crippen LogP contribution < -0.4 is 4.72 Å². The number of esters is 1. The maximum Gasteiger partial charge on any atom is 0.350 e. The van der Waals surface area contributed by atoms with Crippen LogP contribution in [0.4, 0.5) is 5.69 Å². The van der Waals surface area contributed by atoms with Gasteiger partial charge in [-0.1, -0.05) is 12.1 Å². The molecule has 0 atom stereocenters. The van der Waals surface area contributed by atoms with Crippen LogP contribution in [0.1, 0.15) is 20.8 Å². The van der Waals surface area contributed by atoms with Crippen LogP contribution in [0.25, 0.3) is 0 Å². The average Bonchev–Trinajstić information content (AvgIpc) is 2.79. The fraction of sp³-hybridized carbons (Fsp3) is 0.214. The summed E-state index contributed by atoms with van der Waals surface area (Å²) in [7, 11) is -2.48. The van der Waals surface area contributed by atoms with Crippen LogP contribution in [0.5, 0.6) is 0 Å². The minimum Gasteiger partial charge on any atom is -0.465 e. The second kappa shape index (κ2) is 5.87. The molecule has 0 aliphatic rings. The number of hydrogen-bond donors (Lipinski definition) is 1. The quantitative estimate of drug-likeness (QED) is 0.877. The zero-order chi connectivity index (χ0) is 15.6. The fourth-order valence-corrected chi connectivity index (χ4v) is 4.02. The van der Waals surface area contributed by atoms with Crippen LogP contribution in [0, 0.1) is 13.8 Å². The van der Waals surface area contributed by atoms with E-state index in [1.807, 2.05) is 13.0 Å². The third-order valence-electron chi connectivity index (χ3n) is 2.88. The van der Waals surface area contributed by atoms with Gasteiger partial charge in [0.1, 0.15) is 4.88 Å². The molecular formula is C14H15NO4S2.